The smallest absolute Gasteiger partial charge is 0.298 e. The predicted molar refractivity (Wildman–Crippen MR) is 93.8 cm³/mol. The molecule has 2 aliphatic rings. The first kappa shape index (κ1) is 15.5. The van der Waals surface area contributed by atoms with E-state index in [4.69, 9.17) is 9.15 Å². The summed E-state index contributed by atoms with van der Waals surface area (Å²) in [5.41, 5.74) is 3.53. The molecule has 1 fully saturated rings. The molecule has 1 aliphatic heterocycles. The quantitative estimate of drug-likeness (QED) is 0.717. The Morgan fingerprint density at radius 3 is 3.15 bits per heavy atom. The summed E-state index contributed by atoms with van der Waals surface area (Å²) in [6, 6.07) is 6.98. The Labute approximate surface area is 150 Å². The van der Waals surface area contributed by atoms with E-state index in [1.807, 2.05) is 6.07 Å². The molecule has 7 heteroatoms. The van der Waals surface area contributed by atoms with Gasteiger partial charge < -0.3 is 14.1 Å². The second-order valence-corrected chi connectivity index (χ2v) is 7.03. The number of aromatic nitrogens is 3. The lowest BCUT2D eigenvalue weighted by Crippen LogP contribution is -2.22. The number of fused-ring (bicyclic) bond motifs is 2. The van der Waals surface area contributed by atoms with Gasteiger partial charge in [0.2, 0.25) is 5.88 Å². The standard InChI is InChI=1S/C19H19FN4O2/c20-14-4-5-16-17(9-14)26-19(21-16)24-7-6-12(10-24)11-25-18-8-13-2-1-3-15(13)22-23-18/h4-5,8-9,12H,1-3,6-7,10-11H2. The van der Waals surface area contributed by atoms with Crippen molar-refractivity contribution in [1.82, 2.24) is 15.2 Å². The Balaban J connectivity index is 1.22. The average Bonchev–Trinajstić information content (AvgIpc) is 3.37. The van der Waals surface area contributed by atoms with E-state index in [-0.39, 0.29) is 5.82 Å². The van der Waals surface area contributed by atoms with Crippen LogP contribution in [0.4, 0.5) is 10.4 Å². The molecule has 26 heavy (non-hydrogen) atoms. The molecule has 2 aromatic heterocycles. The van der Waals surface area contributed by atoms with Crippen LogP contribution >= 0.6 is 0 Å². The van der Waals surface area contributed by atoms with Gasteiger partial charge in [0.1, 0.15) is 11.3 Å². The molecule has 1 atom stereocenters. The fourth-order valence-corrected chi connectivity index (χ4v) is 3.75. The largest absolute Gasteiger partial charge is 0.476 e. The van der Waals surface area contributed by atoms with Gasteiger partial charge in [-0.25, -0.2) is 4.39 Å². The lowest BCUT2D eigenvalue weighted by atomic mass is 10.1. The van der Waals surface area contributed by atoms with Crippen molar-refractivity contribution < 1.29 is 13.5 Å². The summed E-state index contributed by atoms with van der Waals surface area (Å²) in [6.45, 7) is 2.24. The SMILES string of the molecule is Fc1ccc2nc(N3CCC(COc4cc5c(nn4)CCC5)C3)oc2c1. The summed E-state index contributed by atoms with van der Waals surface area (Å²) in [5, 5.41) is 8.43. The number of rotatable bonds is 4. The number of aryl methyl sites for hydroxylation is 2. The van der Waals surface area contributed by atoms with Crippen LogP contribution in [0.25, 0.3) is 11.1 Å². The highest BCUT2D eigenvalue weighted by Crippen LogP contribution is 2.28. The third-order valence-electron chi connectivity index (χ3n) is 5.16. The Hall–Kier alpha value is -2.70. The van der Waals surface area contributed by atoms with Gasteiger partial charge in [-0.05, 0) is 43.4 Å². The number of halogens is 1. The van der Waals surface area contributed by atoms with Crippen molar-refractivity contribution in [2.75, 3.05) is 24.6 Å². The molecule has 3 heterocycles. The first-order chi connectivity index (χ1) is 12.7. The molecule has 1 aliphatic carbocycles. The van der Waals surface area contributed by atoms with Gasteiger partial charge in [0.15, 0.2) is 5.58 Å². The van der Waals surface area contributed by atoms with Gasteiger partial charge in [0.25, 0.3) is 6.01 Å². The molecule has 1 aromatic carbocycles. The number of hydrogen-bond acceptors (Lipinski definition) is 6. The molecule has 0 saturated carbocycles. The van der Waals surface area contributed by atoms with Crippen LogP contribution in [0, 0.1) is 11.7 Å². The van der Waals surface area contributed by atoms with Crippen LogP contribution in [0.2, 0.25) is 0 Å². The molecule has 6 nitrogen and oxygen atoms in total. The number of benzene rings is 1. The van der Waals surface area contributed by atoms with Crippen molar-refractivity contribution in [1.29, 1.82) is 0 Å². The van der Waals surface area contributed by atoms with Crippen molar-refractivity contribution >= 4 is 17.1 Å². The van der Waals surface area contributed by atoms with Crippen LogP contribution in [0.3, 0.4) is 0 Å². The van der Waals surface area contributed by atoms with E-state index in [1.165, 1.54) is 17.7 Å². The third kappa shape index (κ3) is 2.87. The van der Waals surface area contributed by atoms with Gasteiger partial charge in [-0.15, -0.1) is 5.10 Å². The Morgan fingerprint density at radius 2 is 2.19 bits per heavy atom. The zero-order valence-electron chi connectivity index (χ0n) is 14.3. The van der Waals surface area contributed by atoms with Gasteiger partial charge in [0, 0.05) is 31.1 Å². The molecule has 0 spiro atoms. The Kier molecular flexibility index (Phi) is 3.72. The van der Waals surface area contributed by atoms with Crippen molar-refractivity contribution in [2.45, 2.75) is 25.7 Å². The van der Waals surface area contributed by atoms with Crippen molar-refractivity contribution in [3.63, 3.8) is 0 Å². The predicted octanol–water partition coefficient (Wildman–Crippen LogP) is 3.15. The van der Waals surface area contributed by atoms with E-state index >= 15 is 0 Å². The maximum absolute atomic E-state index is 13.3. The van der Waals surface area contributed by atoms with Crippen molar-refractivity contribution in [3.8, 4) is 5.88 Å². The highest BCUT2D eigenvalue weighted by atomic mass is 19.1. The second kappa shape index (κ2) is 6.23. The third-order valence-corrected chi connectivity index (χ3v) is 5.16. The lowest BCUT2D eigenvalue weighted by molar-refractivity contribution is 0.249. The first-order valence-electron chi connectivity index (χ1n) is 9.04. The molecule has 134 valence electrons. The van der Waals surface area contributed by atoms with Gasteiger partial charge >= 0.3 is 0 Å². The molecule has 0 radical (unpaired) electrons. The highest BCUT2D eigenvalue weighted by Gasteiger charge is 2.27. The molecule has 0 bridgehead atoms. The number of hydrogen-bond donors (Lipinski definition) is 0. The van der Waals surface area contributed by atoms with Gasteiger partial charge in [0.05, 0.1) is 12.3 Å². The summed E-state index contributed by atoms with van der Waals surface area (Å²) in [6.07, 6.45) is 4.23. The summed E-state index contributed by atoms with van der Waals surface area (Å²) in [4.78, 5) is 6.54. The molecule has 1 unspecified atom stereocenters. The zero-order chi connectivity index (χ0) is 17.5. The summed E-state index contributed by atoms with van der Waals surface area (Å²) in [7, 11) is 0. The maximum atomic E-state index is 13.3. The molecule has 0 N–H and O–H groups in total. The van der Waals surface area contributed by atoms with Crippen LogP contribution in [0.1, 0.15) is 24.1 Å². The van der Waals surface area contributed by atoms with Crippen LogP contribution in [-0.2, 0) is 12.8 Å². The zero-order valence-corrected chi connectivity index (χ0v) is 14.3. The Bertz CT molecular complexity index is 958. The van der Waals surface area contributed by atoms with Gasteiger partial charge in [-0.1, -0.05) is 0 Å². The monoisotopic (exact) mass is 354 g/mol. The van der Waals surface area contributed by atoms with Crippen molar-refractivity contribution in [3.05, 3.63) is 41.3 Å². The lowest BCUT2D eigenvalue weighted by Gasteiger charge is -2.14. The minimum Gasteiger partial charge on any atom is -0.476 e. The molecule has 1 saturated heterocycles. The fourth-order valence-electron chi connectivity index (χ4n) is 3.75. The van der Waals surface area contributed by atoms with E-state index in [0.29, 0.717) is 35.5 Å². The molecule has 5 rings (SSSR count). The van der Waals surface area contributed by atoms with Crippen molar-refractivity contribution in [2.24, 2.45) is 5.92 Å². The van der Waals surface area contributed by atoms with Gasteiger partial charge in [-0.2, -0.15) is 10.1 Å². The van der Waals surface area contributed by atoms with E-state index in [0.717, 1.165) is 44.5 Å². The summed E-state index contributed by atoms with van der Waals surface area (Å²) < 4.78 is 24.9. The summed E-state index contributed by atoms with van der Waals surface area (Å²) in [5.74, 6) is 0.668. The van der Waals surface area contributed by atoms with Crippen LogP contribution < -0.4 is 9.64 Å². The van der Waals surface area contributed by atoms with Gasteiger partial charge in [-0.3, -0.25) is 0 Å². The minimum absolute atomic E-state index is 0.316. The number of nitrogens with zero attached hydrogens (tertiary/aromatic N) is 4. The fraction of sp³-hybridized carbons (Fsp3) is 0.421. The highest BCUT2D eigenvalue weighted by molar-refractivity contribution is 5.74. The molecule has 0 amide bonds. The number of oxazole rings is 1. The second-order valence-electron chi connectivity index (χ2n) is 7.03. The summed E-state index contributed by atoms with van der Waals surface area (Å²) >= 11 is 0. The van der Waals surface area contributed by atoms with Crippen LogP contribution in [0.5, 0.6) is 5.88 Å². The van der Waals surface area contributed by atoms with E-state index < -0.39 is 0 Å². The number of ether oxygens (including phenoxy) is 1. The minimum atomic E-state index is -0.316. The maximum Gasteiger partial charge on any atom is 0.298 e. The van der Waals surface area contributed by atoms with Crippen LogP contribution in [0.15, 0.2) is 28.7 Å². The molecule has 3 aromatic rings. The topological polar surface area (TPSA) is 64.3 Å². The first-order valence-corrected chi connectivity index (χ1v) is 9.04. The normalized spacial score (nSPS) is 19.3. The molecular weight excluding hydrogens is 335 g/mol. The van der Waals surface area contributed by atoms with E-state index in [1.54, 1.807) is 6.07 Å². The average molecular weight is 354 g/mol. The number of anilines is 1. The van der Waals surface area contributed by atoms with Crippen LogP contribution in [-0.4, -0.2) is 34.9 Å². The van der Waals surface area contributed by atoms with E-state index in [2.05, 4.69) is 20.1 Å². The molecular formula is C19H19FN4O2. The van der Waals surface area contributed by atoms with E-state index in [9.17, 15) is 4.39 Å². The Morgan fingerprint density at radius 1 is 1.23 bits per heavy atom.